The fraction of sp³-hybridized carbons (Fsp3) is 1.00. The first kappa shape index (κ1) is 20.9. The number of rotatable bonds is 13. The monoisotopic (exact) mass is 300 g/mol. The van der Waals surface area contributed by atoms with Crippen LogP contribution in [0.25, 0.3) is 0 Å². The van der Waals surface area contributed by atoms with Gasteiger partial charge in [0, 0.05) is 6.61 Å². The van der Waals surface area contributed by atoms with Crippen LogP contribution in [0.3, 0.4) is 0 Å². The Balaban J connectivity index is 3.73. The second-order valence-electron chi connectivity index (χ2n) is 8.34. The van der Waals surface area contributed by atoms with Gasteiger partial charge >= 0.3 is 0 Å². The molecule has 0 bridgehead atoms. The lowest BCUT2D eigenvalue weighted by Gasteiger charge is -2.26. The molecule has 2 heteroatoms. The molecule has 1 unspecified atom stereocenters. The Kier molecular flexibility index (Phi) is 10.6. The zero-order chi connectivity index (χ0) is 16.4. The summed E-state index contributed by atoms with van der Waals surface area (Å²) in [5, 5.41) is 19.0. The summed E-state index contributed by atoms with van der Waals surface area (Å²) in [5.74, 6) is 0. The van der Waals surface area contributed by atoms with E-state index < -0.39 is 0 Å². The number of hydrogen-bond donors (Lipinski definition) is 2. The van der Waals surface area contributed by atoms with E-state index in [0.717, 1.165) is 44.9 Å². The van der Waals surface area contributed by atoms with Crippen molar-refractivity contribution in [2.45, 2.75) is 105 Å². The molecule has 0 radical (unpaired) electrons. The fourth-order valence-electron chi connectivity index (χ4n) is 3.26. The first-order valence-corrected chi connectivity index (χ1v) is 9.01. The lowest BCUT2D eigenvalue weighted by Crippen LogP contribution is -2.15. The highest BCUT2D eigenvalue weighted by Crippen LogP contribution is 2.31. The van der Waals surface area contributed by atoms with E-state index in [1.807, 2.05) is 0 Å². The summed E-state index contributed by atoms with van der Waals surface area (Å²) in [6.45, 7) is 11.7. The molecule has 0 saturated heterocycles. The number of aliphatic hydroxyl groups excluding tert-OH is 2. The Morgan fingerprint density at radius 2 is 1.19 bits per heavy atom. The Bertz CT molecular complexity index is 246. The van der Waals surface area contributed by atoms with Gasteiger partial charge in [0.25, 0.3) is 0 Å². The maximum atomic E-state index is 10.1. The Morgan fingerprint density at radius 3 is 1.62 bits per heavy atom. The topological polar surface area (TPSA) is 40.5 Å². The molecule has 0 aliphatic rings. The standard InChI is InChI=1S/C19H40O2/c1-6-12-18(2,3)13-7-10-17(21)11-8-14-19(4,5)15-9-16-20/h17,20-21H,6-16H2,1-5H3. The van der Waals surface area contributed by atoms with Crippen molar-refractivity contribution in [3.8, 4) is 0 Å². The zero-order valence-corrected chi connectivity index (χ0v) is 15.2. The van der Waals surface area contributed by atoms with E-state index in [1.54, 1.807) is 0 Å². The van der Waals surface area contributed by atoms with Crippen LogP contribution < -0.4 is 0 Å². The molecule has 1 atom stereocenters. The highest BCUT2D eigenvalue weighted by molar-refractivity contribution is 4.71. The number of aliphatic hydroxyl groups is 2. The fourth-order valence-corrected chi connectivity index (χ4v) is 3.26. The van der Waals surface area contributed by atoms with Gasteiger partial charge < -0.3 is 10.2 Å². The molecule has 0 rings (SSSR count). The normalized spacial score (nSPS) is 14.4. The van der Waals surface area contributed by atoms with Crippen LogP contribution >= 0.6 is 0 Å². The van der Waals surface area contributed by atoms with Crippen LogP contribution in [0.15, 0.2) is 0 Å². The SMILES string of the molecule is CCCC(C)(C)CCCC(O)CCCC(C)(C)CCCO. The lowest BCUT2D eigenvalue weighted by atomic mass is 9.81. The molecule has 0 aromatic rings. The second-order valence-corrected chi connectivity index (χ2v) is 8.34. The van der Waals surface area contributed by atoms with Gasteiger partial charge in [0.15, 0.2) is 0 Å². The zero-order valence-electron chi connectivity index (χ0n) is 15.2. The Labute approximate surface area is 133 Å². The van der Waals surface area contributed by atoms with Crippen molar-refractivity contribution in [2.75, 3.05) is 6.61 Å². The molecule has 0 heterocycles. The minimum Gasteiger partial charge on any atom is -0.396 e. The average Bonchev–Trinajstić information content (AvgIpc) is 2.36. The van der Waals surface area contributed by atoms with Gasteiger partial charge in [-0.1, -0.05) is 53.9 Å². The minimum atomic E-state index is -0.129. The third kappa shape index (κ3) is 12.2. The predicted molar refractivity (Wildman–Crippen MR) is 92.5 cm³/mol. The molecule has 128 valence electrons. The molecule has 21 heavy (non-hydrogen) atoms. The molecule has 0 spiro atoms. The minimum absolute atomic E-state index is 0.129. The number of hydrogen-bond acceptors (Lipinski definition) is 2. The third-order valence-corrected chi connectivity index (χ3v) is 4.72. The van der Waals surface area contributed by atoms with Crippen molar-refractivity contribution >= 4 is 0 Å². The van der Waals surface area contributed by atoms with Gasteiger partial charge in [0.1, 0.15) is 0 Å². The van der Waals surface area contributed by atoms with Crippen molar-refractivity contribution < 1.29 is 10.2 Å². The van der Waals surface area contributed by atoms with Crippen molar-refractivity contribution in [3.63, 3.8) is 0 Å². The molecular weight excluding hydrogens is 260 g/mol. The van der Waals surface area contributed by atoms with Crippen LogP contribution in [0.1, 0.15) is 98.8 Å². The molecule has 0 fully saturated rings. The molecular formula is C19H40O2. The predicted octanol–water partition coefficient (Wildman–Crippen LogP) is 5.31. The summed E-state index contributed by atoms with van der Waals surface area (Å²) in [7, 11) is 0. The van der Waals surface area contributed by atoms with Gasteiger partial charge in [-0.2, -0.15) is 0 Å². The first-order chi connectivity index (χ1) is 9.72. The van der Waals surface area contributed by atoms with E-state index in [0.29, 0.717) is 17.4 Å². The molecule has 2 nitrogen and oxygen atoms in total. The van der Waals surface area contributed by atoms with Crippen molar-refractivity contribution in [2.24, 2.45) is 10.8 Å². The Hall–Kier alpha value is -0.0800. The van der Waals surface area contributed by atoms with Crippen molar-refractivity contribution in [3.05, 3.63) is 0 Å². The maximum Gasteiger partial charge on any atom is 0.0540 e. The Morgan fingerprint density at radius 1 is 0.762 bits per heavy atom. The lowest BCUT2D eigenvalue weighted by molar-refractivity contribution is 0.133. The van der Waals surface area contributed by atoms with E-state index >= 15 is 0 Å². The van der Waals surface area contributed by atoms with E-state index in [4.69, 9.17) is 5.11 Å². The summed E-state index contributed by atoms with van der Waals surface area (Å²) < 4.78 is 0. The van der Waals surface area contributed by atoms with Crippen molar-refractivity contribution in [1.82, 2.24) is 0 Å². The van der Waals surface area contributed by atoms with Crippen LogP contribution in [0.4, 0.5) is 0 Å². The summed E-state index contributed by atoms with van der Waals surface area (Å²) in [4.78, 5) is 0. The van der Waals surface area contributed by atoms with Gasteiger partial charge in [-0.15, -0.1) is 0 Å². The highest BCUT2D eigenvalue weighted by atomic mass is 16.3. The molecule has 0 aromatic heterocycles. The van der Waals surface area contributed by atoms with E-state index in [1.165, 1.54) is 19.3 Å². The smallest absolute Gasteiger partial charge is 0.0540 e. The molecule has 0 aliphatic heterocycles. The van der Waals surface area contributed by atoms with Crippen LogP contribution in [0.5, 0.6) is 0 Å². The molecule has 2 N–H and O–H groups in total. The van der Waals surface area contributed by atoms with E-state index in [2.05, 4.69) is 34.6 Å². The summed E-state index contributed by atoms with van der Waals surface area (Å²) in [6, 6.07) is 0. The third-order valence-electron chi connectivity index (χ3n) is 4.72. The van der Waals surface area contributed by atoms with Gasteiger partial charge in [-0.3, -0.25) is 0 Å². The largest absolute Gasteiger partial charge is 0.396 e. The van der Waals surface area contributed by atoms with Crippen LogP contribution in [-0.2, 0) is 0 Å². The van der Waals surface area contributed by atoms with Crippen molar-refractivity contribution in [1.29, 1.82) is 0 Å². The van der Waals surface area contributed by atoms with Gasteiger partial charge in [-0.05, 0) is 55.8 Å². The van der Waals surface area contributed by atoms with Crippen LogP contribution in [-0.4, -0.2) is 22.9 Å². The summed E-state index contributed by atoms with van der Waals surface area (Å²) in [6.07, 6.45) is 10.8. The second kappa shape index (κ2) is 10.6. The van der Waals surface area contributed by atoms with E-state index in [-0.39, 0.29) is 6.10 Å². The van der Waals surface area contributed by atoms with Crippen LogP contribution in [0.2, 0.25) is 0 Å². The molecule has 0 amide bonds. The van der Waals surface area contributed by atoms with Gasteiger partial charge in [0.05, 0.1) is 6.10 Å². The average molecular weight is 301 g/mol. The summed E-state index contributed by atoms with van der Waals surface area (Å²) in [5.41, 5.74) is 0.728. The van der Waals surface area contributed by atoms with E-state index in [9.17, 15) is 5.11 Å². The van der Waals surface area contributed by atoms with Gasteiger partial charge in [0.2, 0.25) is 0 Å². The highest BCUT2D eigenvalue weighted by Gasteiger charge is 2.19. The maximum absolute atomic E-state index is 10.1. The first-order valence-electron chi connectivity index (χ1n) is 9.01. The quantitative estimate of drug-likeness (QED) is 0.484. The molecule has 0 aromatic carbocycles. The summed E-state index contributed by atoms with van der Waals surface area (Å²) >= 11 is 0. The van der Waals surface area contributed by atoms with Crippen LogP contribution in [0, 0.1) is 10.8 Å². The molecule has 0 aliphatic carbocycles. The van der Waals surface area contributed by atoms with Gasteiger partial charge in [-0.25, -0.2) is 0 Å². The molecule has 0 saturated carbocycles.